The molecular formula is C29H33Cl2NO2Si. The Kier molecular flexibility index (Phi) is 6.90. The molecule has 0 spiro atoms. The lowest BCUT2D eigenvalue weighted by Crippen LogP contribution is -2.65. The number of fused-ring (bicyclic) bond motifs is 1. The lowest BCUT2D eigenvalue weighted by Gasteiger charge is -2.42. The molecule has 1 saturated heterocycles. The SMILES string of the molecule is CC(C)(C[C@@H]1CCN([C@@H]2c3cc(Cl)cc(Cl)c3C[C@H]2O)C1)[Si](O)(c1ccccc1)c1ccccc1. The van der Waals surface area contributed by atoms with E-state index in [1.807, 2.05) is 42.5 Å². The minimum Gasteiger partial charge on any atom is -0.424 e. The van der Waals surface area contributed by atoms with E-state index in [2.05, 4.69) is 43.0 Å². The zero-order valence-electron chi connectivity index (χ0n) is 20.3. The molecule has 3 atom stereocenters. The van der Waals surface area contributed by atoms with Crippen LogP contribution in [-0.2, 0) is 6.42 Å². The van der Waals surface area contributed by atoms with Crippen LogP contribution in [0.15, 0.2) is 72.8 Å². The van der Waals surface area contributed by atoms with Crippen molar-refractivity contribution in [2.24, 2.45) is 5.92 Å². The summed E-state index contributed by atoms with van der Waals surface area (Å²) in [5.41, 5.74) is 2.08. The monoisotopic (exact) mass is 525 g/mol. The maximum Gasteiger partial charge on any atom is 0.258 e. The van der Waals surface area contributed by atoms with Gasteiger partial charge in [-0.25, -0.2) is 0 Å². The third-order valence-electron chi connectivity index (χ3n) is 8.16. The van der Waals surface area contributed by atoms with Crippen LogP contribution in [0.3, 0.4) is 0 Å². The molecule has 1 heterocycles. The highest BCUT2D eigenvalue weighted by Crippen LogP contribution is 2.47. The number of hydrogen-bond donors (Lipinski definition) is 2. The first-order valence-corrected chi connectivity index (χ1v) is 15.1. The molecule has 1 fully saturated rings. The first-order chi connectivity index (χ1) is 16.7. The Morgan fingerprint density at radius 3 is 2.17 bits per heavy atom. The highest BCUT2D eigenvalue weighted by Gasteiger charge is 2.51. The van der Waals surface area contributed by atoms with E-state index in [4.69, 9.17) is 23.2 Å². The number of likely N-dealkylation sites (tertiary alicyclic amines) is 1. The van der Waals surface area contributed by atoms with E-state index in [0.29, 0.717) is 22.4 Å². The molecule has 1 aliphatic carbocycles. The first-order valence-electron chi connectivity index (χ1n) is 12.4. The standard InChI is InChI=1S/C29H33Cl2NO2Si/c1-29(2,35(34,22-9-5-3-6-10-22)23-11-7-4-8-12-23)18-20-13-14-32(19-20)28-25-15-21(30)16-26(31)24(25)17-27(28)33/h3-12,15-16,20,27-28,33-34H,13-14,17-19H2,1-2H3/t20-,27+,28+/m0/s1. The van der Waals surface area contributed by atoms with E-state index in [0.717, 1.165) is 47.4 Å². The molecule has 0 radical (unpaired) electrons. The van der Waals surface area contributed by atoms with Gasteiger partial charge in [-0.05, 0) is 64.0 Å². The number of rotatable bonds is 6. The van der Waals surface area contributed by atoms with Gasteiger partial charge in [-0.15, -0.1) is 0 Å². The van der Waals surface area contributed by atoms with E-state index >= 15 is 0 Å². The van der Waals surface area contributed by atoms with Crippen molar-refractivity contribution in [1.82, 2.24) is 4.90 Å². The summed E-state index contributed by atoms with van der Waals surface area (Å²) in [4.78, 5) is 14.9. The van der Waals surface area contributed by atoms with Gasteiger partial charge in [0, 0.05) is 23.0 Å². The fourth-order valence-electron chi connectivity index (χ4n) is 6.53. The summed E-state index contributed by atoms with van der Waals surface area (Å²) >= 11 is 12.8. The van der Waals surface area contributed by atoms with Gasteiger partial charge >= 0.3 is 0 Å². The highest BCUT2D eigenvalue weighted by molar-refractivity contribution is 6.98. The van der Waals surface area contributed by atoms with Gasteiger partial charge in [-0.1, -0.05) is 97.7 Å². The maximum atomic E-state index is 12.5. The maximum absolute atomic E-state index is 12.5. The Balaban J connectivity index is 1.40. The second-order valence-electron chi connectivity index (χ2n) is 10.9. The Bertz CT molecular complexity index is 1150. The van der Waals surface area contributed by atoms with Gasteiger partial charge in [0.2, 0.25) is 0 Å². The molecule has 6 heteroatoms. The summed E-state index contributed by atoms with van der Waals surface area (Å²) in [6, 6.07) is 24.1. The van der Waals surface area contributed by atoms with Gasteiger partial charge in [0.05, 0.1) is 12.1 Å². The summed E-state index contributed by atoms with van der Waals surface area (Å²) in [5, 5.41) is 14.0. The molecule has 0 bridgehead atoms. The minimum absolute atomic E-state index is 0.0753. The molecular weight excluding hydrogens is 493 g/mol. The molecule has 0 unspecified atom stereocenters. The lowest BCUT2D eigenvalue weighted by atomic mass is 9.95. The molecule has 2 aliphatic rings. The summed E-state index contributed by atoms with van der Waals surface area (Å²) in [6.45, 7) is 6.29. The van der Waals surface area contributed by atoms with E-state index in [1.165, 1.54) is 0 Å². The quantitative estimate of drug-likeness (QED) is 0.435. The normalized spacial score (nSPS) is 23.0. The Labute approximate surface area is 219 Å². The predicted molar refractivity (Wildman–Crippen MR) is 147 cm³/mol. The van der Waals surface area contributed by atoms with Gasteiger partial charge in [-0.2, -0.15) is 0 Å². The third-order valence-corrected chi connectivity index (χ3v) is 13.2. The fraction of sp³-hybridized carbons (Fsp3) is 0.379. The van der Waals surface area contributed by atoms with E-state index in [1.54, 1.807) is 6.07 Å². The molecule has 2 N–H and O–H groups in total. The number of benzene rings is 3. The first kappa shape index (κ1) is 25.0. The van der Waals surface area contributed by atoms with Gasteiger partial charge in [0.25, 0.3) is 8.32 Å². The van der Waals surface area contributed by atoms with Crippen LogP contribution in [0.5, 0.6) is 0 Å². The molecule has 0 aromatic heterocycles. The van der Waals surface area contributed by atoms with Crippen LogP contribution >= 0.6 is 23.2 Å². The van der Waals surface area contributed by atoms with Crippen molar-refractivity contribution in [3.63, 3.8) is 0 Å². The molecule has 35 heavy (non-hydrogen) atoms. The molecule has 1 aliphatic heterocycles. The smallest absolute Gasteiger partial charge is 0.258 e. The van der Waals surface area contributed by atoms with Gasteiger partial charge in [0.1, 0.15) is 0 Å². The number of aliphatic hydroxyl groups is 1. The van der Waals surface area contributed by atoms with E-state index < -0.39 is 14.4 Å². The minimum atomic E-state index is -3.04. The largest absolute Gasteiger partial charge is 0.424 e. The second kappa shape index (κ2) is 9.66. The van der Waals surface area contributed by atoms with Crippen molar-refractivity contribution < 1.29 is 9.90 Å². The van der Waals surface area contributed by atoms with Crippen LogP contribution in [0.1, 0.15) is 43.9 Å². The summed E-state index contributed by atoms with van der Waals surface area (Å²) in [6.07, 6.45) is 2.05. The lowest BCUT2D eigenvalue weighted by molar-refractivity contribution is 0.0725. The average molecular weight is 527 g/mol. The summed E-state index contributed by atoms with van der Waals surface area (Å²) < 4.78 is 0. The number of halogens is 2. The Morgan fingerprint density at radius 2 is 1.57 bits per heavy atom. The topological polar surface area (TPSA) is 43.7 Å². The van der Waals surface area contributed by atoms with Crippen molar-refractivity contribution in [1.29, 1.82) is 0 Å². The zero-order chi connectivity index (χ0) is 24.8. The summed E-state index contributed by atoms with van der Waals surface area (Å²) in [5.74, 6) is 0.433. The highest BCUT2D eigenvalue weighted by atomic mass is 35.5. The third kappa shape index (κ3) is 4.50. The molecule has 0 amide bonds. The molecule has 3 aromatic rings. The van der Waals surface area contributed by atoms with Crippen molar-refractivity contribution >= 4 is 41.9 Å². The Morgan fingerprint density at radius 1 is 0.971 bits per heavy atom. The van der Waals surface area contributed by atoms with Crippen molar-refractivity contribution in [3.05, 3.63) is 94.0 Å². The van der Waals surface area contributed by atoms with Gasteiger partial charge in [0.15, 0.2) is 0 Å². The van der Waals surface area contributed by atoms with Crippen molar-refractivity contribution in [2.75, 3.05) is 13.1 Å². The van der Waals surface area contributed by atoms with Crippen LogP contribution in [0.4, 0.5) is 0 Å². The number of nitrogens with zero attached hydrogens (tertiary/aromatic N) is 1. The van der Waals surface area contributed by atoms with Crippen LogP contribution < -0.4 is 10.4 Å². The summed E-state index contributed by atoms with van der Waals surface area (Å²) in [7, 11) is -3.04. The van der Waals surface area contributed by atoms with E-state index in [9.17, 15) is 9.90 Å². The van der Waals surface area contributed by atoms with E-state index in [-0.39, 0.29) is 11.1 Å². The molecule has 3 nitrogen and oxygen atoms in total. The van der Waals surface area contributed by atoms with Gasteiger partial charge in [-0.3, -0.25) is 4.90 Å². The van der Waals surface area contributed by atoms with Crippen LogP contribution in [0.2, 0.25) is 15.1 Å². The molecule has 3 aromatic carbocycles. The molecule has 184 valence electrons. The average Bonchev–Trinajstić information content (AvgIpc) is 3.42. The van der Waals surface area contributed by atoms with Crippen molar-refractivity contribution in [2.45, 2.75) is 50.3 Å². The van der Waals surface area contributed by atoms with Crippen LogP contribution in [0, 0.1) is 5.92 Å². The molecule has 0 saturated carbocycles. The Hall–Kier alpha value is -1.66. The fourth-order valence-corrected chi connectivity index (χ4v) is 10.9. The number of hydrogen-bond acceptors (Lipinski definition) is 3. The van der Waals surface area contributed by atoms with Gasteiger partial charge < -0.3 is 9.90 Å². The van der Waals surface area contributed by atoms with Crippen LogP contribution in [0.25, 0.3) is 0 Å². The number of aliphatic hydroxyl groups excluding tert-OH is 1. The predicted octanol–water partition coefficient (Wildman–Crippen LogP) is 5.20. The van der Waals surface area contributed by atoms with Crippen molar-refractivity contribution in [3.8, 4) is 0 Å². The zero-order valence-corrected chi connectivity index (χ0v) is 22.8. The molecule has 5 rings (SSSR count). The van der Waals surface area contributed by atoms with Crippen LogP contribution in [-0.4, -0.2) is 42.3 Å². The second-order valence-corrected chi connectivity index (χ2v) is 15.6.